The van der Waals surface area contributed by atoms with Gasteiger partial charge in [0, 0.05) is 5.56 Å². The number of hydrogen-bond donors (Lipinski definition) is 2. The molecule has 3 rings (SSSR count). The first-order valence-electron chi connectivity index (χ1n) is 9.04. The fraction of sp³-hybridized carbons (Fsp3) is 0.286. The first-order chi connectivity index (χ1) is 13.0. The molecule has 1 aliphatic heterocycles. The highest BCUT2D eigenvalue weighted by molar-refractivity contribution is 6.01. The number of benzene rings is 2. The van der Waals surface area contributed by atoms with Gasteiger partial charge in [-0.15, -0.1) is 0 Å². The number of nitrogens with zero attached hydrogens (tertiary/aromatic N) is 1. The lowest BCUT2D eigenvalue weighted by atomic mass is 10.0. The second-order valence-electron chi connectivity index (χ2n) is 6.63. The number of rotatable bonds is 6. The lowest BCUT2D eigenvalue weighted by Gasteiger charge is -2.16. The van der Waals surface area contributed by atoms with Crippen molar-refractivity contribution < 1.29 is 14.4 Å². The highest BCUT2D eigenvalue weighted by Crippen LogP contribution is 2.15. The predicted octanol–water partition coefficient (Wildman–Crippen LogP) is 2.79. The fourth-order valence-corrected chi connectivity index (χ4v) is 2.96. The average molecular weight is 365 g/mol. The lowest BCUT2D eigenvalue weighted by molar-refractivity contribution is -0.125. The summed E-state index contributed by atoms with van der Waals surface area (Å²) in [6, 6.07) is 14.6. The number of aryl methyl sites for hydroxylation is 1. The smallest absolute Gasteiger partial charge is 0.324 e. The summed E-state index contributed by atoms with van der Waals surface area (Å²) in [6.45, 7) is 4.30. The number of amides is 4. The summed E-state index contributed by atoms with van der Waals surface area (Å²) < 4.78 is 0. The van der Waals surface area contributed by atoms with Crippen LogP contribution in [-0.2, 0) is 17.8 Å². The van der Waals surface area contributed by atoms with E-state index in [0.717, 1.165) is 22.4 Å². The zero-order valence-electron chi connectivity index (χ0n) is 15.5. The van der Waals surface area contributed by atoms with Gasteiger partial charge < -0.3 is 10.6 Å². The van der Waals surface area contributed by atoms with Crippen molar-refractivity contribution >= 4 is 17.8 Å². The van der Waals surface area contributed by atoms with Gasteiger partial charge in [0.1, 0.15) is 0 Å². The van der Waals surface area contributed by atoms with Crippen molar-refractivity contribution in [2.24, 2.45) is 0 Å². The number of carbonyl (C=O) groups excluding carboxylic acids is 3. The van der Waals surface area contributed by atoms with Gasteiger partial charge >= 0.3 is 6.03 Å². The minimum Gasteiger partial charge on any atom is -0.346 e. The molecule has 6 heteroatoms. The van der Waals surface area contributed by atoms with E-state index in [-0.39, 0.29) is 37.0 Å². The van der Waals surface area contributed by atoms with Crippen LogP contribution in [0.2, 0.25) is 0 Å². The molecule has 0 bridgehead atoms. The Hall–Kier alpha value is -3.15. The second-order valence-corrected chi connectivity index (χ2v) is 6.63. The van der Waals surface area contributed by atoms with Crippen molar-refractivity contribution in [1.82, 2.24) is 15.5 Å². The Morgan fingerprint density at radius 3 is 2.26 bits per heavy atom. The maximum absolute atomic E-state index is 12.5. The van der Waals surface area contributed by atoms with Crippen LogP contribution in [0.4, 0.5) is 4.79 Å². The molecule has 2 aromatic carbocycles. The Morgan fingerprint density at radius 2 is 1.70 bits per heavy atom. The largest absolute Gasteiger partial charge is 0.346 e. The fourth-order valence-electron chi connectivity index (χ4n) is 2.96. The summed E-state index contributed by atoms with van der Waals surface area (Å²) in [7, 11) is 0. The van der Waals surface area contributed by atoms with E-state index in [1.54, 1.807) is 24.3 Å². The van der Waals surface area contributed by atoms with Crippen LogP contribution in [0.25, 0.3) is 0 Å². The van der Waals surface area contributed by atoms with E-state index in [9.17, 15) is 14.4 Å². The van der Waals surface area contributed by atoms with E-state index >= 15 is 0 Å². The van der Waals surface area contributed by atoms with E-state index < -0.39 is 0 Å². The Balaban J connectivity index is 1.61. The van der Waals surface area contributed by atoms with Gasteiger partial charge in [0.25, 0.3) is 5.91 Å². The van der Waals surface area contributed by atoms with E-state index in [1.807, 2.05) is 19.1 Å². The SMILES string of the molecule is CCc1ccc([C@H](C)NC(=O)c2ccc(CN3C(=O)CNC3=O)cc2)cc1. The van der Waals surface area contributed by atoms with Gasteiger partial charge in [-0.3, -0.25) is 14.5 Å². The van der Waals surface area contributed by atoms with Crippen LogP contribution >= 0.6 is 0 Å². The van der Waals surface area contributed by atoms with Crippen molar-refractivity contribution in [3.8, 4) is 0 Å². The summed E-state index contributed by atoms with van der Waals surface area (Å²) in [5, 5.41) is 5.48. The molecule has 27 heavy (non-hydrogen) atoms. The molecule has 0 radical (unpaired) electrons. The van der Waals surface area contributed by atoms with Gasteiger partial charge in [-0.25, -0.2) is 4.79 Å². The summed E-state index contributed by atoms with van der Waals surface area (Å²) in [5.74, 6) is -0.409. The van der Waals surface area contributed by atoms with Crippen molar-refractivity contribution in [3.63, 3.8) is 0 Å². The van der Waals surface area contributed by atoms with Crippen LogP contribution in [0.1, 0.15) is 46.9 Å². The van der Waals surface area contributed by atoms with Gasteiger partial charge in [0.15, 0.2) is 0 Å². The first kappa shape index (κ1) is 18.6. The Morgan fingerprint density at radius 1 is 1.07 bits per heavy atom. The molecular formula is C21H23N3O3. The van der Waals surface area contributed by atoms with Crippen LogP contribution in [0.3, 0.4) is 0 Å². The average Bonchev–Trinajstić information content (AvgIpc) is 3.00. The Bertz CT molecular complexity index is 828. The molecule has 0 saturated carbocycles. The molecule has 1 saturated heterocycles. The maximum atomic E-state index is 12.5. The van der Waals surface area contributed by atoms with E-state index in [0.29, 0.717) is 5.56 Å². The zero-order chi connectivity index (χ0) is 19.4. The third-order valence-electron chi connectivity index (χ3n) is 4.73. The number of urea groups is 1. The van der Waals surface area contributed by atoms with Crippen LogP contribution in [0.15, 0.2) is 48.5 Å². The minimum atomic E-state index is -0.385. The minimum absolute atomic E-state index is 0.0381. The summed E-state index contributed by atoms with van der Waals surface area (Å²) >= 11 is 0. The number of nitrogens with one attached hydrogen (secondary N) is 2. The van der Waals surface area contributed by atoms with Gasteiger partial charge in [-0.2, -0.15) is 0 Å². The molecule has 1 atom stereocenters. The molecule has 0 aromatic heterocycles. The topological polar surface area (TPSA) is 78.5 Å². The van der Waals surface area contributed by atoms with Gasteiger partial charge in [-0.1, -0.05) is 43.3 Å². The summed E-state index contributed by atoms with van der Waals surface area (Å²) in [6.07, 6.45) is 0.984. The summed E-state index contributed by atoms with van der Waals surface area (Å²) in [4.78, 5) is 36.9. The Kier molecular flexibility index (Phi) is 5.54. The maximum Gasteiger partial charge on any atom is 0.324 e. The van der Waals surface area contributed by atoms with Gasteiger partial charge in [0.05, 0.1) is 19.1 Å². The molecule has 0 aliphatic carbocycles. The number of imide groups is 1. The molecule has 1 fully saturated rings. The molecule has 0 unspecified atom stereocenters. The van der Waals surface area contributed by atoms with Crippen LogP contribution in [0.5, 0.6) is 0 Å². The van der Waals surface area contributed by atoms with E-state index in [2.05, 4.69) is 29.7 Å². The van der Waals surface area contributed by atoms with Crippen LogP contribution < -0.4 is 10.6 Å². The molecule has 4 amide bonds. The summed E-state index contributed by atoms with van der Waals surface area (Å²) in [5.41, 5.74) is 3.64. The Labute approximate surface area is 158 Å². The zero-order valence-corrected chi connectivity index (χ0v) is 15.5. The second kappa shape index (κ2) is 8.03. The highest BCUT2D eigenvalue weighted by atomic mass is 16.2. The quantitative estimate of drug-likeness (QED) is 0.773. The van der Waals surface area contributed by atoms with Gasteiger partial charge in [0.2, 0.25) is 5.91 Å². The van der Waals surface area contributed by atoms with Crippen LogP contribution in [0, 0.1) is 0 Å². The molecule has 1 heterocycles. The predicted molar refractivity (Wildman–Crippen MR) is 102 cm³/mol. The monoisotopic (exact) mass is 365 g/mol. The first-order valence-corrected chi connectivity index (χ1v) is 9.04. The van der Waals surface area contributed by atoms with Crippen molar-refractivity contribution in [1.29, 1.82) is 0 Å². The molecule has 0 spiro atoms. The molecule has 140 valence electrons. The molecule has 2 N–H and O–H groups in total. The number of carbonyl (C=O) groups is 3. The normalized spacial score (nSPS) is 14.8. The lowest BCUT2D eigenvalue weighted by Crippen LogP contribution is -2.30. The van der Waals surface area contributed by atoms with Crippen LogP contribution in [-0.4, -0.2) is 29.3 Å². The van der Waals surface area contributed by atoms with E-state index in [4.69, 9.17) is 0 Å². The number of hydrogen-bond acceptors (Lipinski definition) is 3. The third-order valence-corrected chi connectivity index (χ3v) is 4.73. The van der Waals surface area contributed by atoms with Crippen molar-refractivity contribution in [3.05, 3.63) is 70.8 Å². The van der Waals surface area contributed by atoms with Gasteiger partial charge in [-0.05, 0) is 42.2 Å². The van der Waals surface area contributed by atoms with Crippen molar-refractivity contribution in [2.45, 2.75) is 32.9 Å². The third kappa shape index (κ3) is 4.34. The molecule has 6 nitrogen and oxygen atoms in total. The molecular weight excluding hydrogens is 342 g/mol. The standard InChI is InChI=1S/C21H23N3O3/c1-3-15-4-8-17(9-5-15)14(2)23-20(26)18-10-6-16(7-11-18)13-24-19(25)12-22-21(24)27/h4-11,14H,3,12-13H2,1-2H3,(H,22,27)(H,23,26)/t14-/m0/s1. The molecule has 2 aromatic rings. The molecule has 1 aliphatic rings. The highest BCUT2D eigenvalue weighted by Gasteiger charge is 2.28. The van der Waals surface area contributed by atoms with Crippen molar-refractivity contribution in [2.75, 3.05) is 6.54 Å². The van der Waals surface area contributed by atoms with E-state index in [1.165, 1.54) is 5.56 Å².